The first-order chi connectivity index (χ1) is 15.8. The van der Waals surface area contributed by atoms with Crippen LogP contribution in [0.4, 0.5) is 0 Å². The second-order valence-corrected chi connectivity index (χ2v) is 10.0. The second kappa shape index (κ2) is 10.4. The van der Waals surface area contributed by atoms with Crippen LogP contribution in [0.5, 0.6) is 5.75 Å². The van der Waals surface area contributed by atoms with E-state index in [0.717, 1.165) is 30.2 Å². The highest BCUT2D eigenvalue weighted by Gasteiger charge is 2.22. The number of hydrogen-bond acceptors (Lipinski definition) is 5. The molecule has 1 aliphatic carbocycles. The van der Waals surface area contributed by atoms with E-state index in [2.05, 4.69) is 37.0 Å². The van der Waals surface area contributed by atoms with Crippen molar-refractivity contribution in [3.05, 3.63) is 66.0 Å². The SMILES string of the molecule is O=C(O)COc1c(Br)cc(Cl)cc1C=Nn1c(C2CCCCC2)nc2ccc(Br)cc2c1=O. The largest absolute Gasteiger partial charge is 0.480 e. The van der Waals surface area contributed by atoms with Gasteiger partial charge in [-0.25, -0.2) is 9.78 Å². The molecule has 1 saturated carbocycles. The Morgan fingerprint density at radius 2 is 2.00 bits per heavy atom. The first-order valence-electron chi connectivity index (χ1n) is 10.4. The van der Waals surface area contributed by atoms with Gasteiger partial charge in [0.15, 0.2) is 6.61 Å². The van der Waals surface area contributed by atoms with Crippen molar-refractivity contribution in [2.24, 2.45) is 5.10 Å². The highest BCUT2D eigenvalue weighted by Crippen LogP contribution is 2.33. The van der Waals surface area contributed by atoms with Gasteiger partial charge in [0.25, 0.3) is 5.56 Å². The zero-order valence-corrected chi connectivity index (χ0v) is 21.4. The third kappa shape index (κ3) is 5.47. The van der Waals surface area contributed by atoms with Gasteiger partial charge in [0.05, 0.1) is 21.6 Å². The Morgan fingerprint density at radius 3 is 2.73 bits per heavy atom. The molecular formula is C23H20Br2ClN3O4. The standard InChI is InChI=1S/C23H20Br2ClN3O4/c24-15-6-7-19-17(9-15)23(32)29(22(28-19)13-4-2-1-3-5-13)27-11-14-8-16(26)10-18(25)21(14)33-12-20(30)31/h6-11,13H,1-5,12H2,(H,30,31). The summed E-state index contributed by atoms with van der Waals surface area (Å²) in [5, 5.41) is 14.4. The minimum atomic E-state index is -1.11. The van der Waals surface area contributed by atoms with Crippen molar-refractivity contribution in [1.29, 1.82) is 0 Å². The van der Waals surface area contributed by atoms with Gasteiger partial charge >= 0.3 is 5.97 Å². The van der Waals surface area contributed by atoms with Crippen LogP contribution in [0.1, 0.15) is 49.4 Å². The lowest BCUT2D eigenvalue weighted by molar-refractivity contribution is -0.139. The summed E-state index contributed by atoms with van der Waals surface area (Å²) in [6, 6.07) is 8.63. The lowest BCUT2D eigenvalue weighted by Gasteiger charge is -2.22. The Hall–Kier alpha value is -2.23. The van der Waals surface area contributed by atoms with Crippen molar-refractivity contribution >= 4 is 66.5 Å². The summed E-state index contributed by atoms with van der Waals surface area (Å²) in [4.78, 5) is 29.3. The minimum Gasteiger partial charge on any atom is -0.480 e. The summed E-state index contributed by atoms with van der Waals surface area (Å²) in [6.45, 7) is -0.528. The molecule has 2 aromatic carbocycles. The van der Waals surface area contributed by atoms with E-state index in [9.17, 15) is 9.59 Å². The molecule has 1 heterocycles. The summed E-state index contributed by atoms with van der Waals surface area (Å²) in [7, 11) is 0. The van der Waals surface area contributed by atoms with Gasteiger partial charge in [0.1, 0.15) is 11.6 Å². The average molecular weight is 598 g/mol. The molecule has 3 aromatic rings. The molecule has 10 heteroatoms. The van der Waals surface area contributed by atoms with Gasteiger partial charge in [-0.05, 0) is 59.1 Å². The Labute approximate surface area is 211 Å². The molecule has 0 spiro atoms. The maximum absolute atomic E-state index is 13.4. The van der Waals surface area contributed by atoms with Crippen molar-refractivity contribution < 1.29 is 14.6 Å². The molecule has 1 N–H and O–H groups in total. The quantitative estimate of drug-likeness (QED) is 0.354. The molecule has 0 aliphatic heterocycles. The number of carboxylic acid groups (broad SMARTS) is 1. The molecule has 4 rings (SSSR count). The van der Waals surface area contributed by atoms with Gasteiger partial charge in [0, 0.05) is 21.0 Å². The summed E-state index contributed by atoms with van der Waals surface area (Å²) in [5.41, 5.74) is 0.796. The number of ether oxygens (including phenoxy) is 1. The van der Waals surface area contributed by atoms with E-state index < -0.39 is 12.6 Å². The number of hydrogen-bond donors (Lipinski definition) is 1. The Bertz CT molecular complexity index is 1300. The summed E-state index contributed by atoms with van der Waals surface area (Å²) in [5.74, 6) is -0.0838. The second-order valence-electron chi connectivity index (χ2n) is 7.82. The van der Waals surface area contributed by atoms with E-state index >= 15 is 0 Å². The number of fused-ring (bicyclic) bond motifs is 1. The van der Waals surface area contributed by atoms with Crippen LogP contribution in [0.25, 0.3) is 10.9 Å². The van der Waals surface area contributed by atoms with E-state index in [1.165, 1.54) is 17.3 Å². The van der Waals surface area contributed by atoms with Gasteiger partial charge < -0.3 is 9.84 Å². The number of aliphatic carboxylic acids is 1. The molecule has 0 unspecified atom stereocenters. The first kappa shape index (κ1) is 23.9. The van der Waals surface area contributed by atoms with Crippen molar-refractivity contribution in [3.8, 4) is 5.75 Å². The number of aromatic nitrogens is 2. The molecule has 1 fully saturated rings. The predicted octanol–water partition coefficient (Wildman–Crippen LogP) is 5.97. The van der Waals surface area contributed by atoms with Gasteiger partial charge in [-0.3, -0.25) is 4.79 Å². The van der Waals surface area contributed by atoms with Gasteiger partial charge in [-0.15, -0.1) is 0 Å². The predicted molar refractivity (Wildman–Crippen MR) is 135 cm³/mol. The van der Waals surface area contributed by atoms with E-state index in [-0.39, 0.29) is 17.2 Å². The molecule has 0 radical (unpaired) electrons. The molecule has 1 aromatic heterocycles. The third-order valence-corrected chi connectivity index (χ3v) is 6.79. The number of carbonyl (C=O) groups is 1. The highest BCUT2D eigenvalue weighted by molar-refractivity contribution is 9.10. The molecule has 0 atom stereocenters. The Balaban J connectivity index is 1.85. The van der Waals surface area contributed by atoms with E-state index in [1.54, 1.807) is 18.2 Å². The van der Waals surface area contributed by atoms with Crippen molar-refractivity contribution in [2.45, 2.75) is 38.0 Å². The molecule has 0 saturated heterocycles. The lowest BCUT2D eigenvalue weighted by atomic mass is 9.88. The van der Waals surface area contributed by atoms with Crippen LogP contribution < -0.4 is 10.3 Å². The number of rotatable bonds is 6. The zero-order chi connectivity index (χ0) is 23.5. The maximum Gasteiger partial charge on any atom is 0.341 e. The first-order valence-corrected chi connectivity index (χ1v) is 12.4. The number of halogens is 3. The zero-order valence-electron chi connectivity index (χ0n) is 17.4. The fraction of sp³-hybridized carbons (Fsp3) is 0.304. The van der Waals surface area contributed by atoms with E-state index in [1.807, 2.05) is 12.1 Å². The summed E-state index contributed by atoms with van der Waals surface area (Å²) in [6.07, 6.45) is 6.67. The number of carboxylic acids is 1. The molecule has 1 aliphatic rings. The topological polar surface area (TPSA) is 93.8 Å². The van der Waals surface area contributed by atoms with Crippen molar-refractivity contribution in [2.75, 3.05) is 6.61 Å². The number of nitrogens with zero attached hydrogens (tertiary/aromatic N) is 3. The van der Waals surface area contributed by atoms with Crippen LogP contribution >= 0.6 is 43.5 Å². The third-order valence-electron chi connectivity index (χ3n) is 5.49. The van der Waals surface area contributed by atoms with Crippen molar-refractivity contribution in [3.63, 3.8) is 0 Å². The molecule has 0 amide bonds. The normalized spacial score (nSPS) is 14.8. The van der Waals surface area contributed by atoms with E-state index in [4.69, 9.17) is 26.4 Å². The summed E-state index contributed by atoms with van der Waals surface area (Å²) < 4.78 is 8.04. The van der Waals surface area contributed by atoms with Crippen LogP contribution in [-0.4, -0.2) is 33.6 Å². The lowest BCUT2D eigenvalue weighted by Crippen LogP contribution is -2.25. The van der Waals surface area contributed by atoms with Crippen molar-refractivity contribution in [1.82, 2.24) is 9.66 Å². The monoisotopic (exact) mass is 595 g/mol. The molecule has 33 heavy (non-hydrogen) atoms. The Kier molecular flexibility index (Phi) is 7.51. The molecule has 0 bridgehead atoms. The van der Waals surface area contributed by atoms with Gasteiger partial charge in [0.2, 0.25) is 0 Å². The average Bonchev–Trinajstić information content (AvgIpc) is 2.78. The summed E-state index contributed by atoms with van der Waals surface area (Å²) >= 11 is 13.0. The number of benzene rings is 2. The van der Waals surface area contributed by atoms with Crippen LogP contribution in [0, 0.1) is 0 Å². The van der Waals surface area contributed by atoms with Crippen LogP contribution in [0.2, 0.25) is 5.02 Å². The van der Waals surface area contributed by atoms with Crippen LogP contribution in [-0.2, 0) is 4.79 Å². The fourth-order valence-electron chi connectivity index (χ4n) is 3.98. The van der Waals surface area contributed by atoms with Crippen LogP contribution in [0.3, 0.4) is 0 Å². The minimum absolute atomic E-state index is 0.130. The van der Waals surface area contributed by atoms with Gasteiger partial charge in [-0.2, -0.15) is 9.78 Å². The highest BCUT2D eigenvalue weighted by atomic mass is 79.9. The molecule has 7 nitrogen and oxygen atoms in total. The Morgan fingerprint density at radius 1 is 1.24 bits per heavy atom. The van der Waals surface area contributed by atoms with E-state index in [0.29, 0.717) is 31.8 Å². The van der Waals surface area contributed by atoms with Gasteiger partial charge in [-0.1, -0.05) is 46.8 Å². The smallest absolute Gasteiger partial charge is 0.341 e. The molecule has 172 valence electrons. The fourth-order valence-corrected chi connectivity index (χ4v) is 5.29. The van der Waals surface area contributed by atoms with Crippen LogP contribution in [0.15, 0.2) is 49.2 Å². The molecular weight excluding hydrogens is 578 g/mol. The maximum atomic E-state index is 13.4.